The number of para-hydroxylation sites is 1. The average Bonchev–Trinajstić information content (AvgIpc) is 3.52. The van der Waals surface area contributed by atoms with Crippen LogP contribution in [0.2, 0.25) is 5.02 Å². The van der Waals surface area contributed by atoms with Gasteiger partial charge in [0.2, 0.25) is 0 Å². The van der Waals surface area contributed by atoms with E-state index in [-0.39, 0.29) is 17.5 Å². The Morgan fingerprint density at radius 3 is 2.81 bits per heavy atom. The average molecular weight is 447 g/mol. The van der Waals surface area contributed by atoms with E-state index in [1.54, 1.807) is 27.7 Å². The van der Waals surface area contributed by atoms with Gasteiger partial charge in [-0.2, -0.15) is 5.10 Å². The maximum Gasteiger partial charge on any atom is 0.284 e. The molecular weight excluding hydrogens is 428 g/mol. The third-order valence-electron chi connectivity index (χ3n) is 6.12. The number of benzene rings is 1. The monoisotopic (exact) mass is 446 g/mol. The van der Waals surface area contributed by atoms with Crippen LogP contribution in [0.4, 0.5) is 5.82 Å². The highest BCUT2D eigenvalue weighted by Gasteiger charge is 2.38. The van der Waals surface area contributed by atoms with Crippen molar-refractivity contribution >= 4 is 34.1 Å². The number of H-pyrrole nitrogens is 1. The molecule has 0 aliphatic carbocycles. The van der Waals surface area contributed by atoms with Crippen molar-refractivity contribution in [3.8, 4) is 5.69 Å². The van der Waals surface area contributed by atoms with Gasteiger partial charge in [-0.25, -0.2) is 19.5 Å². The van der Waals surface area contributed by atoms with Gasteiger partial charge in [0.15, 0.2) is 17.3 Å². The number of nitrogens with zero attached hydrogens (tertiary/aromatic N) is 7. The molecule has 1 saturated heterocycles. The van der Waals surface area contributed by atoms with Crippen LogP contribution in [0.1, 0.15) is 25.2 Å². The minimum Gasteiger partial charge on any atom is -0.344 e. The van der Waals surface area contributed by atoms with Crippen molar-refractivity contribution in [2.24, 2.45) is 5.92 Å². The van der Waals surface area contributed by atoms with Crippen molar-refractivity contribution in [3.05, 3.63) is 76.5 Å². The molecule has 160 valence electrons. The second kappa shape index (κ2) is 7.16. The van der Waals surface area contributed by atoms with Crippen molar-refractivity contribution in [2.75, 3.05) is 11.4 Å². The first kappa shape index (κ1) is 19.0. The van der Waals surface area contributed by atoms with Crippen LogP contribution in [-0.2, 0) is 0 Å². The fourth-order valence-electron chi connectivity index (χ4n) is 4.61. The molecule has 5 aromatic rings. The molecule has 1 unspecified atom stereocenters. The lowest BCUT2D eigenvalue weighted by molar-refractivity contribution is 0.485. The SMILES string of the molecule is CC1CCN(c2ncnc3nc[nH]c23)[C@@H]1c1nn2ccc(Cl)c2c(=O)n1-c1ccccc1. The van der Waals surface area contributed by atoms with Crippen LogP contribution >= 0.6 is 11.6 Å². The zero-order valence-corrected chi connectivity index (χ0v) is 17.9. The van der Waals surface area contributed by atoms with Crippen molar-refractivity contribution in [3.63, 3.8) is 0 Å². The summed E-state index contributed by atoms with van der Waals surface area (Å²) in [4.78, 5) is 32.1. The normalized spacial score (nSPS) is 18.8. The lowest BCUT2D eigenvalue weighted by Crippen LogP contribution is -2.34. The zero-order chi connectivity index (χ0) is 21.8. The molecular formula is C22H19ClN8O. The Balaban J connectivity index is 1.63. The third kappa shape index (κ3) is 2.74. The lowest BCUT2D eigenvalue weighted by atomic mass is 10.0. The first-order valence-electron chi connectivity index (χ1n) is 10.4. The minimum absolute atomic E-state index is 0.185. The lowest BCUT2D eigenvalue weighted by Gasteiger charge is -2.29. The molecule has 0 spiro atoms. The van der Waals surface area contributed by atoms with Gasteiger partial charge < -0.3 is 9.88 Å². The standard InChI is InChI=1S/C22H19ClN8O/c1-13-7-9-29(20-16-19(25-11-24-16)26-12-27-20)17(13)21-28-30-10-8-15(23)18(30)22(32)31(21)14-5-3-2-4-6-14/h2-6,8,10-13,17H,7,9H2,1H3,(H,24,25,26,27)/t13?,17-/m0/s1. The summed E-state index contributed by atoms with van der Waals surface area (Å²) >= 11 is 6.34. The molecule has 5 heterocycles. The van der Waals surface area contributed by atoms with E-state index in [0.717, 1.165) is 30.0 Å². The van der Waals surface area contributed by atoms with E-state index in [9.17, 15) is 4.79 Å². The fraction of sp³-hybridized carbons (Fsp3) is 0.227. The molecule has 2 atom stereocenters. The first-order chi connectivity index (χ1) is 15.6. The van der Waals surface area contributed by atoms with E-state index in [0.29, 0.717) is 22.0 Å². The van der Waals surface area contributed by atoms with Crippen LogP contribution in [0.25, 0.3) is 22.4 Å². The van der Waals surface area contributed by atoms with Gasteiger partial charge >= 0.3 is 0 Å². The molecule has 1 aliphatic rings. The predicted octanol–water partition coefficient (Wildman–Crippen LogP) is 3.39. The van der Waals surface area contributed by atoms with Crippen molar-refractivity contribution in [1.82, 2.24) is 34.1 Å². The predicted molar refractivity (Wildman–Crippen MR) is 121 cm³/mol. The van der Waals surface area contributed by atoms with E-state index in [1.807, 2.05) is 30.3 Å². The molecule has 0 saturated carbocycles. The molecule has 1 aliphatic heterocycles. The number of halogens is 1. The molecule has 32 heavy (non-hydrogen) atoms. The van der Waals surface area contributed by atoms with Crippen LogP contribution in [0, 0.1) is 5.92 Å². The number of rotatable bonds is 3. The maximum atomic E-state index is 13.7. The maximum absolute atomic E-state index is 13.7. The van der Waals surface area contributed by atoms with E-state index in [1.165, 1.54) is 6.33 Å². The summed E-state index contributed by atoms with van der Waals surface area (Å²) < 4.78 is 3.25. The summed E-state index contributed by atoms with van der Waals surface area (Å²) in [5.41, 5.74) is 2.27. The van der Waals surface area contributed by atoms with E-state index >= 15 is 0 Å². The Kier molecular flexibility index (Phi) is 4.25. The van der Waals surface area contributed by atoms with Gasteiger partial charge in [-0.1, -0.05) is 36.7 Å². The van der Waals surface area contributed by atoms with Crippen LogP contribution in [0.15, 0.2) is 60.0 Å². The molecule has 10 heteroatoms. The Morgan fingerprint density at radius 2 is 1.97 bits per heavy atom. The number of imidazole rings is 1. The van der Waals surface area contributed by atoms with Crippen LogP contribution < -0.4 is 10.5 Å². The van der Waals surface area contributed by atoms with Gasteiger partial charge in [0, 0.05) is 12.7 Å². The topological polar surface area (TPSA) is 97.0 Å². The Hall–Kier alpha value is -3.72. The number of anilines is 1. The quantitative estimate of drug-likeness (QED) is 0.456. The summed E-state index contributed by atoms with van der Waals surface area (Å²) in [6.45, 7) is 2.94. The van der Waals surface area contributed by atoms with E-state index < -0.39 is 0 Å². The van der Waals surface area contributed by atoms with Crippen molar-refractivity contribution < 1.29 is 0 Å². The number of fused-ring (bicyclic) bond motifs is 2. The molecule has 1 fully saturated rings. The second-order valence-corrected chi connectivity index (χ2v) is 8.40. The Bertz CT molecular complexity index is 1510. The Labute approximate surface area is 187 Å². The minimum atomic E-state index is -0.204. The smallest absolute Gasteiger partial charge is 0.284 e. The van der Waals surface area contributed by atoms with Crippen molar-refractivity contribution in [2.45, 2.75) is 19.4 Å². The van der Waals surface area contributed by atoms with Crippen molar-refractivity contribution in [1.29, 1.82) is 0 Å². The molecule has 0 amide bonds. The highest BCUT2D eigenvalue weighted by atomic mass is 35.5. The number of hydrogen-bond donors (Lipinski definition) is 1. The number of aromatic nitrogens is 7. The third-order valence-corrected chi connectivity index (χ3v) is 6.42. The molecule has 1 N–H and O–H groups in total. The molecule has 1 aromatic carbocycles. The number of aromatic amines is 1. The van der Waals surface area contributed by atoms with Gasteiger partial charge in [0.05, 0.1) is 23.1 Å². The Morgan fingerprint density at radius 1 is 1.12 bits per heavy atom. The first-order valence-corrected chi connectivity index (χ1v) is 10.8. The second-order valence-electron chi connectivity index (χ2n) is 7.99. The molecule has 4 aromatic heterocycles. The summed E-state index contributed by atoms with van der Waals surface area (Å²) in [5, 5.41) is 5.27. The largest absolute Gasteiger partial charge is 0.344 e. The highest BCUT2D eigenvalue weighted by Crippen LogP contribution is 2.40. The number of nitrogens with one attached hydrogen (secondary N) is 1. The molecule has 0 bridgehead atoms. The summed E-state index contributed by atoms with van der Waals surface area (Å²) in [7, 11) is 0. The summed E-state index contributed by atoms with van der Waals surface area (Å²) in [6, 6.07) is 11.1. The molecule has 6 rings (SSSR count). The number of hydrogen-bond acceptors (Lipinski definition) is 6. The fourth-order valence-corrected chi connectivity index (χ4v) is 4.84. The van der Waals surface area contributed by atoms with Gasteiger partial charge in [0.1, 0.15) is 17.4 Å². The van der Waals surface area contributed by atoms with Crippen LogP contribution in [-0.4, -0.2) is 40.7 Å². The van der Waals surface area contributed by atoms with Crippen LogP contribution in [0.5, 0.6) is 0 Å². The van der Waals surface area contributed by atoms with Gasteiger partial charge in [-0.15, -0.1) is 0 Å². The molecule has 0 radical (unpaired) electrons. The highest BCUT2D eigenvalue weighted by molar-refractivity contribution is 6.33. The molecule has 9 nitrogen and oxygen atoms in total. The van der Waals surface area contributed by atoms with Gasteiger partial charge in [-0.3, -0.25) is 9.36 Å². The van der Waals surface area contributed by atoms with Gasteiger partial charge in [-0.05, 0) is 30.5 Å². The zero-order valence-electron chi connectivity index (χ0n) is 17.2. The van der Waals surface area contributed by atoms with E-state index in [4.69, 9.17) is 16.7 Å². The summed E-state index contributed by atoms with van der Waals surface area (Å²) in [6.07, 6.45) is 5.79. The van der Waals surface area contributed by atoms with Gasteiger partial charge in [0.25, 0.3) is 5.56 Å². The summed E-state index contributed by atoms with van der Waals surface area (Å²) in [5.74, 6) is 1.62. The van der Waals surface area contributed by atoms with Crippen LogP contribution in [0.3, 0.4) is 0 Å². The van der Waals surface area contributed by atoms with E-state index in [2.05, 4.69) is 31.8 Å².